The lowest BCUT2D eigenvalue weighted by Gasteiger charge is -2.32. The van der Waals surface area contributed by atoms with Crippen LogP contribution in [0, 0.1) is 0 Å². The summed E-state index contributed by atoms with van der Waals surface area (Å²) in [5.74, 6) is 0. The van der Waals surface area contributed by atoms with Gasteiger partial charge in [-0.3, -0.25) is 5.32 Å². The van der Waals surface area contributed by atoms with E-state index in [0.29, 0.717) is 10.2 Å². The van der Waals surface area contributed by atoms with Gasteiger partial charge in [0.2, 0.25) is 0 Å². The molecule has 10 heteroatoms. The lowest BCUT2D eigenvalue weighted by Crippen LogP contribution is -2.48. The molecule has 0 aliphatic carbocycles. The second kappa shape index (κ2) is 5.71. The summed E-state index contributed by atoms with van der Waals surface area (Å²) in [6.45, 7) is -2.58. The molecule has 0 atom stereocenters. The summed E-state index contributed by atoms with van der Waals surface area (Å²) in [5, 5.41) is 20.8. The third-order valence-corrected chi connectivity index (χ3v) is 4.19. The van der Waals surface area contributed by atoms with E-state index in [4.69, 9.17) is 5.73 Å². The van der Waals surface area contributed by atoms with Crippen molar-refractivity contribution in [2.45, 2.75) is 11.6 Å². The summed E-state index contributed by atoms with van der Waals surface area (Å²) < 4.78 is 40.1. The van der Waals surface area contributed by atoms with Gasteiger partial charge in [-0.2, -0.15) is 13.2 Å². The molecule has 0 bridgehead atoms. The van der Waals surface area contributed by atoms with Crippen LogP contribution in [0.15, 0.2) is 18.2 Å². The highest BCUT2D eigenvalue weighted by Crippen LogP contribution is 2.42. The average molecular weight is 335 g/mol. The number of benzene rings is 1. The van der Waals surface area contributed by atoms with Gasteiger partial charge in [0.25, 0.3) is 0 Å². The van der Waals surface area contributed by atoms with Crippen molar-refractivity contribution in [3.63, 3.8) is 0 Å². The zero-order chi connectivity index (χ0) is 16.5. The third-order valence-electron chi connectivity index (χ3n) is 3.25. The molecule has 0 aliphatic heterocycles. The Kier molecular flexibility index (Phi) is 4.27. The molecule has 1 aromatic carbocycles. The fourth-order valence-corrected chi connectivity index (χ4v) is 2.86. The molecule has 1 aromatic heterocycles. The number of hydrogen-bond acceptors (Lipinski definition) is 5. The van der Waals surface area contributed by atoms with Crippen LogP contribution >= 0.6 is 11.3 Å². The molecule has 2 aromatic rings. The van der Waals surface area contributed by atoms with Crippen molar-refractivity contribution in [3.8, 4) is 0 Å². The lowest BCUT2D eigenvalue weighted by molar-refractivity contribution is -0.211. The van der Waals surface area contributed by atoms with Crippen LogP contribution < -0.4 is 11.1 Å². The summed E-state index contributed by atoms with van der Waals surface area (Å²) in [6.07, 6.45) is -4.83. The van der Waals surface area contributed by atoms with Gasteiger partial charge in [-0.05, 0) is 17.7 Å². The monoisotopic (exact) mass is 335 g/mol. The number of alkyl halides is 3. The van der Waals surface area contributed by atoms with Gasteiger partial charge in [-0.15, -0.1) is 0 Å². The molecule has 2 rings (SSSR count). The molecular formula is C12H12F3N3O3S. The minimum absolute atomic E-state index is 0.144. The molecule has 0 saturated carbocycles. The fourth-order valence-electron chi connectivity index (χ4n) is 1.96. The zero-order valence-corrected chi connectivity index (χ0v) is 11.8. The first-order chi connectivity index (χ1) is 10.2. The summed E-state index contributed by atoms with van der Waals surface area (Å²) >= 11 is 0.934. The van der Waals surface area contributed by atoms with E-state index in [1.807, 2.05) is 0 Å². The van der Waals surface area contributed by atoms with Gasteiger partial charge in [0, 0.05) is 0 Å². The van der Waals surface area contributed by atoms with E-state index >= 15 is 0 Å². The largest absolute Gasteiger partial charge is 0.402 e. The van der Waals surface area contributed by atoms with Crippen molar-refractivity contribution < 1.29 is 28.2 Å². The highest BCUT2D eigenvalue weighted by Gasteiger charge is 2.55. The van der Waals surface area contributed by atoms with Gasteiger partial charge in [-0.25, -0.2) is 9.78 Å². The summed E-state index contributed by atoms with van der Waals surface area (Å²) in [4.78, 5) is 14.7. The summed E-state index contributed by atoms with van der Waals surface area (Å²) in [6, 6.07) is 2.79. The number of thiazole rings is 1. The number of urea groups is 1. The van der Waals surface area contributed by atoms with E-state index in [1.54, 1.807) is 0 Å². The van der Waals surface area contributed by atoms with Gasteiger partial charge in [-0.1, -0.05) is 17.4 Å². The zero-order valence-electron chi connectivity index (χ0n) is 11.0. The predicted molar refractivity (Wildman–Crippen MR) is 74.7 cm³/mol. The number of nitrogens with one attached hydrogen (secondary N) is 1. The second-order valence-electron chi connectivity index (χ2n) is 4.59. The summed E-state index contributed by atoms with van der Waals surface area (Å²) in [7, 11) is 0. The van der Waals surface area contributed by atoms with Crippen LogP contribution in [0.4, 0.5) is 23.1 Å². The van der Waals surface area contributed by atoms with Crippen LogP contribution in [0.2, 0.25) is 0 Å². The molecular weight excluding hydrogens is 323 g/mol. The lowest BCUT2D eigenvalue weighted by atomic mass is 9.81. The predicted octanol–water partition coefficient (Wildman–Crippen LogP) is 1.57. The molecule has 120 valence electrons. The van der Waals surface area contributed by atoms with Crippen molar-refractivity contribution in [2.75, 3.05) is 18.5 Å². The molecule has 0 spiro atoms. The van der Waals surface area contributed by atoms with Crippen LogP contribution in [0.3, 0.4) is 0 Å². The molecule has 0 unspecified atom stereocenters. The van der Waals surface area contributed by atoms with E-state index in [0.717, 1.165) is 17.4 Å². The highest BCUT2D eigenvalue weighted by molar-refractivity contribution is 7.22. The van der Waals surface area contributed by atoms with Crippen LogP contribution in [0.5, 0.6) is 0 Å². The maximum absolute atomic E-state index is 13.2. The number of nitrogens with zero attached hydrogens (tertiary/aromatic N) is 1. The SMILES string of the molecule is NC(=O)Nc1nc2ccc(C(CO)(CO)C(F)(F)F)cc2s1. The van der Waals surface area contributed by atoms with Gasteiger partial charge < -0.3 is 15.9 Å². The number of rotatable bonds is 4. The van der Waals surface area contributed by atoms with Crippen molar-refractivity contribution in [1.82, 2.24) is 4.98 Å². The number of nitrogens with two attached hydrogens (primary N) is 1. The second-order valence-corrected chi connectivity index (χ2v) is 5.62. The first-order valence-corrected chi connectivity index (χ1v) is 6.81. The maximum atomic E-state index is 13.2. The molecule has 5 N–H and O–H groups in total. The van der Waals surface area contributed by atoms with E-state index in [-0.39, 0.29) is 10.7 Å². The number of halogens is 3. The minimum Gasteiger partial charge on any atom is -0.395 e. The number of amides is 2. The Hall–Kier alpha value is -1.91. The van der Waals surface area contributed by atoms with Crippen molar-refractivity contribution >= 4 is 32.7 Å². The van der Waals surface area contributed by atoms with Gasteiger partial charge in [0.15, 0.2) is 5.13 Å². The standard InChI is InChI=1S/C12H12F3N3O3S/c13-12(14,15)11(4-19,5-20)6-1-2-7-8(3-6)22-10(17-7)18-9(16)21/h1-3,19-20H,4-5H2,(H3,16,17,18,21). The number of hydrogen-bond donors (Lipinski definition) is 4. The van der Waals surface area contributed by atoms with Crippen molar-refractivity contribution in [3.05, 3.63) is 23.8 Å². The number of aromatic nitrogens is 1. The molecule has 1 heterocycles. The smallest absolute Gasteiger partial charge is 0.395 e. The first kappa shape index (κ1) is 16.5. The number of carbonyl (C=O) groups excluding carboxylic acids is 1. The van der Waals surface area contributed by atoms with E-state index in [1.165, 1.54) is 12.1 Å². The van der Waals surface area contributed by atoms with Gasteiger partial charge in [0.05, 0.1) is 23.4 Å². The highest BCUT2D eigenvalue weighted by atomic mass is 32.1. The Morgan fingerprint density at radius 3 is 2.45 bits per heavy atom. The number of primary amides is 1. The molecule has 22 heavy (non-hydrogen) atoms. The average Bonchev–Trinajstić information content (AvgIpc) is 2.79. The number of fused-ring (bicyclic) bond motifs is 1. The third kappa shape index (κ3) is 2.72. The number of aliphatic hydroxyl groups is 2. The van der Waals surface area contributed by atoms with Crippen molar-refractivity contribution in [1.29, 1.82) is 0 Å². The minimum atomic E-state index is -4.83. The quantitative estimate of drug-likeness (QED) is 0.680. The Labute approximate surface area is 126 Å². The Morgan fingerprint density at radius 2 is 1.95 bits per heavy atom. The van der Waals surface area contributed by atoms with Crippen LogP contribution in [-0.2, 0) is 5.41 Å². The van der Waals surface area contributed by atoms with E-state index in [2.05, 4.69) is 10.3 Å². The first-order valence-electron chi connectivity index (χ1n) is 5.99. The Balaban J connectivity index is 2.53. The molecule has 0 saturated heterocycles. The van der Waals surface area contributed by atoms with E-state index in [9.17, 15) is 28.2 Å². The fraction of sp³-hybridized carbons (Fsp3) is 0.333. The molecule has 0 radical (unpaired) electrons. The molecule has 6 nitrogen and oxygen atoms in total. The molecule has 0 fully saturated rings. The molecule has 2 amide bonds. The number of aliphatic hydroxyl groups excluding tert-OH is 2. The Bertz CT molecular complexity index is 698. The normalized spacial score (nSPS) is 12.6. The van der Waals surface area contributed by atoms with Crippen LogP contribution in [0.25, 0.3) is 10.2 Å². The summed E-state index contributed by atoms with van der Waals surface area (Å²) in [5.41, 5.74) is 2.27. The number of anilines is 1. The van der Waals surface area contributed by atoms with Gasteiger partial charge >= 0.3 is 12.2 Å². The number of carbonyl (C=O) groups is 1. The Morgan fingerprint density at radius 1 is 1.32 bits per heavy atom. The van der Waals surface area contributed by atoms with E-state index < -0.39 is 30.8 Å². The van der Waals surface area contributed by atoms with Crippen LogP contribution in [-0.4, -0.2) is 40.6 Å². The van der Waals surface area contributed by atoms with Crippen LogP contribution in [0.1, 0.15) is 5.56 Å². The maximum Gasteiger partial charge on any atom is 0.402 e. The topological polar surface area (TPSA) is 108 Å². The molecule has 0 aliphatic rings. The van der Waals surface area contributed by atoms with Crippen molar-refractivity contribution in [2.24, 2.45) is 5.73 Å². The van der Waals surface area contributed by atoms with Gasteiger partial charge in [0.1, 0.15) is 5.41 Å².